The van der Waals surface area contributed by atoms with Gasteiger partial charge in [-0.05, 0) is 63.9 Å². The van der Waals surface area contributed by atoms with Crippen molar-refractivity contribution >= 4 is 6.09 Å². The number of pyridine rings is 1. The maximum absolute atomic E-state index is 12.2. The Bertz CT molecular complexity index is 706. The van der Waals surface area contributed by atoms with Gasteiger partial charge < -0.3 is 14.5 Å². The van der Waals surface area contributed by atoms with E-state index < -0.39 is 0 Å². The first kappa shape index (κ1) is 17.8. The molecule has 0 radical (unpaired) electrons. The number of methoxy groups -OCH3 is 1. The number of ether oxygens (including phenoxy) is 1. The summed E-state index contributed by atoms with van der Waals surface area (Å²) in [6, 6.07) is 4.16. The summed E-state index contributed by atoms with van der Waals surface area (Å²) in [6.07, 6.45) is 5.66. The van der Waals surface area contributed by atoms with Gasteiger partial charge in [0.2, 0.25) is 0 Å². The summed E-state index contributed by atoms with van der Waals surface area (Å²) in [5, 5.41) is 0. The number of likely N-dealkylation sites (tertiary alicyclic amines) is 1. The maximum Gasteiger partial charge on any atom is 0.409 e. The lowest BCUT2D eigenvalue weighted by Gasteiger charge is -2.49. The average molecular weight is 341 g/mol. The number of aryl methyl sites for hydroxylation is 1. The Morgan fingerprint density at radius 2 is 2.24 bits per heavy atom. The van der Waals surface area contributed by atoms with Crippen LogP contribution in [-0.2, 0) is 4.74 Å². The number of likely N-dealkylation sites (N-methyl/N-ethyl adjacent to an activating group) is 1. The number of hydrogen-bond acceptors (Lipinski definition) is 4. The van der Waals surface area contributed by atoms with Crippen molar-refractivity contribution in [3.05, 3.63) is 29.6 Å². The second-order valence-electron chi connectivity index (χ2n) is 7.29. The number of carbonyl (C=O) groups excluding carboxylic acids is 1. The highest BCUT2D eigenvalue weighted by Gasteiger charge is 2.56. The van der Waals surface area contributed by atoms with Crippen LogP contribution in [0.4, 0.5) is 4.79 Å². The molecule has 1 saturated heterocycles. The van der Waals surface area contributed by atoms with E-state index in [9.17, 15) is 4.79 Å². The molecule has 2 fully saturated rings. The third kappa shape index (κ3) is 3.11. The monoisotopic (exact) mass is 341 g/mol. The van der Waals surface area contributed by atoms with Crippen LogP contribution in [0.1, 0.15) is 36.9 Å². The van der Waals surface area contributed by atoms with E-state index in [1.165, 1.54) is 12.7 Å². The lowest BCUT2D eigenvalue weighted by Crippen LogP contribution is -2.60. The summed E-state index contributed by atoms with van der Waals surface area (Å²) in [4.78, 5) is 20.7. The van der Waals surface area contributed by atoms with Crippen LogP contribution in [0.3, 0.4) is 0 Å². The molecule has 1 aliphatic heterocycles. The van der Waals surface area contributed by atoms with Gasteiger partial charge in [0, 0.05) is 18.7 Å². The lowest BCUT2D eigenvalue weighted by molar-refractivity contribution is 0.0232. The van der Waals surface area contributed by atoms with E-state index >= 15 is 0 Å². The molecule has 2 heterocycles. The van der Waals surface area contributed by atoms with Gasteiger partial charge >= 0.3 is 6.09 Å². The molecule has 5 nitrogen and oxygen atoms in total. The fraction of sp³-hybridized carbons (Fsp3) is 0.600. The zero-order valence-electron chi connectivity index (χ0n) is 15.6. The van der Waals surface area contributed by atoms with E-state index in [0.717, 1.165) is 37.9 Å². The van der Waals surface area contributed by atoms with Crippen LogP contribution in [-0.4, -0.2) is 60.2 Å². The molecule has 5 heteroatoms. The van der Waals surface area contributed by atoms with Gasteiger partial charge in [-0.2, -0.15) is 0 Å². The normalized spacial score (nSPS) is 28.3. The minimum Gasteiger partial charge on any atom is -0.453 e. The molecule has 134 valence electrons. The van der Waals surface area contributed by atoms with Gasteiger partial charge in [-0.3, -0.25) is 0 Å². The fourth-order valence-corrected chi connectivity index (χ4v) is 4.60. The van der Waals surface area contributed by atoms with Crippen LogP contribution >= 0.6 is 0 Å². The summed E-state index contributed by atoms with van der Waals surface area (Å²) in [5.41, 5.74) is 1.88. The van der Waals surface area contributed by atoms with Crippen LogP contribution < -0.4 is 0 Å². The second kappa shape index (κ2) is 7.05. The van der Waals surface area contributed by atoms with Gasteiger partial charge in [-0.15, -0.1) is 0 Å². The molecule has 1 aromatic heterocycles. The zero-order chi connectivity index (χ0) is 18.0. The second-order valence-corrected chi connectivity index (χ2v) is 7.29. The highest BCUT2D eigenvalue weighted by Crippen LogP contribution is 2.46. The van der Waals surface area contributed by atoms with Gasteiger partial charge in [0.1, 0.15) is 5.69 Å². The Labute approximate surface area is 150 Å². The number of fused-ring (bicyclic) bond motifs is 1. The first-order valence-electron chi connectivity index (χ1n) is 8.95. The largest absolute Gasteiger partial charge is 0.453 e. The van der Waals surface area contributed by atoms with Crippen LogP contribution in [0.2, 0.25) is 0 Å². The van der Waals surface area contributed by atoms with Gasteiger partial charge in [0.15, 0.2) is 0 Å². The van der Waals surface area contributed by atoms with Crippen molar-refractivity contribution in [3.63, 3.8) is 0 Å². The predicted molar refractivity (Wildman–Crippen MR) is 97.1 cm³/mol. The molecule has 3 atom stereocenters. The Balaban J connectivity index is 1.93. The average Bonchev–Trinajstić information content (AvgIpc) is 3.00. The molecule has 3 unspecified atom stereocenters. The molecule has 0 aromatic carbocycles. The number of carbonyl (C=O) groups is 1. The fourth-order valence-electron chi connectivity index (χ4n) is 4.60. The van der Waals surface area contributed by atoms with E-state index in [4.69, 9.17) is 4.74 Å². The molecule has 2 aliphatic rings. The third-order valence-corrected chi connectivity index (χ3v) is 5.81. The van der Waals surface area contributed by atoms with E-state index in [0.29, 0.717) is 0 Å². The summed E-state index contributed by atoms with van der Waals surface area (Å²) in [7, 11) is 5.68. The van der Waals surface area contributed by atoms with E-state index in [1.807, 2.05) is 17.0 Å². The van der Waals surface area contributed by atoms with Crippen LogP contribution in [0, 0.1) is 24.7 Å². The topological polar surface area (TPSA) is 45.7 Å². The molecular formula is C20H27N3O2. The van der Waals surface area contributed by atoms with E-state index in [1.54, 1.807) is 6.20 Å². The first-order valence-corrected chi connectivity index (χ1v) is 8.95. The molecule has 3 rings (SSSR count). The van der Waals surface area contributed by atoms with Crippen molar-refractivity contribution in [2.75, 3.05) is 27.7 Å². The summed E-state index contributed by atoms with van der Waals surface area (Å²) >= 11 is 0. The number of amides is 1. The molecule has 1 saturated carbocycles. The first-order chi connectivity index (χ1) is 12.0. The van der Waals surface area contributed by atoms with E-state index in [-0.39, 0.29) is 23.6 Å². The van der Waals surface area contributed by atoms with Crippen molar-refractivity contribution in [1.82, 2.24) is 14.8 Å². The predicted octanol–water partition coefficient (Wildman–Crippen LogP) is 2.68. The SMILES string of the molecule is COC(=O)N1CCC2(N(C)C)C(C#Cc3cc(C)ccn3)CCCC12. The van der Waals surface area contributed by atoms with Gasteiger partial charge in [-0.25, -0.2) is 9.78 Å². The summed E-state index contributed by atoms with van der Waals surface area (Å²) in [6.45, 7) is 2.78. The molecule has 0 spiro atoms. The number of nitrogens with zero attached hydrogens (tertiary/aromatic N) is 3. The van der Waals surface area contributed by atoms with Crippen molar-refractivity contribution in [3.8, 4) is 11.8 Å². The number of rotatable bonds is 1. The lowest BCUT2D eigenvalue weighted by atomic mass is 9.69. The van der Waals surface area contributed by atoms with Gasteiger partial charge in [0.25, 0.3) is 0 Å². The van der Waals surface area contributed by atoms with Crippen molar-refractivity contribution < 1.29 is 9.53 Å². The van der Waals surface area contributed by atoms with Gasteiger partial charge in [-0.1, -0.05) is 12.3 Å². The molecule has 1 amide bonds. The summed E-state index contributed by atoms with van der Waals surface area (Å²) < 4.78 is 5.01. The zero-order valence-corrected chi connectivity index (χ0v) is 15.6. The molecular weight excluding hydrogens is 314 g/mol. The minimum absolute atomic E-state index is 0.108. The summed E-state index contributed by atoms with van der Waals surface area (Å²) in [5.74, 6) is 7.01. The standard InChI is InChI=1S/C20H27N3O2/c1-15-10-12-21-17(14-15)9-8-16-6-5-7-18-20(16,22(2)3)11-13-23(18)19(24)25-4/h10,12,14,16,18H,5-7,11,13H2,1-4H3. The van der Waals surface area contributed by atoms with Crippen LogP contribution in [0.5, 0.6) is 0 Å². The molecule has 25 heavy (non-hydrogen) atoms. The minimum atomic E-state index is -0.220. The highest BCUT2D eigenvalue weighted by molar-refractivity contribution is 5.69. The van der Waals surface area contributed by atoms with E-state index in [2.05, 4.69) is 42.7 Å². The number of hydrogen-bond donors (Lipinski definition) is 0. The Kier molecular flexibility index (Phi) is 5.01. The van der Waals surface area contributed by atoms with Crippen LogP contribution in [0.15, 0.2) is 18.3 Å². The van der Waals surface area contributed by atoms with Crippen molar-refractivity contribution in [1.29, 1.82) is 0 Å². The molecule has 1 aliphatic carbocycles. The Hall–Kier alpha value is -2.06. The highest BCUT2D eigenvalue weighted by atomic mass is 16.5. The third-order valence-electron chi connectivity index (χ3n) is 5.81. The van der Waals surface area contributed by atoms with Crippen molar-refractivity contribution in [2.45, 2.75) is 44.2 Å². The molecule has 1 aromatic rings. The Morgan fingerprint density at radius 1 is 1.44 bits per heavy atom. The van der Waals surface area contributed by atoms with Crippen LogP contribution in [0.25, 0.3) is 0 Å². The van der Waals surface area contributed by atoms with Crippen molar-refractivity contribution in [2.24, 2.45) is 5.92 Å². The smallest absolute Gasteiger partial charge is 0.409 e. The quantitative estimate of drug-likeness (QED) is 0.737. The molecule has 0 bridgehead atoms. The number of aromatic nitrogens is 1. The van der Waals surface area contributed by atoms with Gasteiger partial charge in [0.05, 0.1) is 18.7 Å². The molecule has 0 N–H and O–H groups in total. The maximum atomic E-state index is 12.2. The Morgan fingerprint density at radius 3 is 2.92 bits per heavy atom.